The first-order chi connectivity index (χ1) is 7.29. The number of hydrogen-bond donors (Lipinski definition) is 1. The molecule has 1 saturated heterocycles. The van der Waals surface area contributed by atoms with E-state index in [1.165, 1.54) is 11.4 Å². The molecule has 15 heavy (non-hydrogen) atoms. The van der Waals surface area contributed by atoms with Gasteiger partial charge in [-0.1, -0.05) is 13.3 Å². The SMILES string of the molecule is CCC[C@H]1C[C@H](c2nc(N)cs2)CCO1. The van der Waals surface area contributed by atoms with Crippen LogP contribution in [0.15, 0.2) is 5.38 Å². The van der Waals surface area contributed by atoms with Crippen molar-refractivity contribution in [1.29, 1.82) is 0 Å². The van der Waals surface area contributed by atoms with Crippen molar-refractivity contribution < 1.29 is 4.74 Å². The highest BCUT2D eigenvalue weighted by Gasteiger charge is 2.25. The van der Waals surface area contributed by atoms with Gasteiger partial charge in [0.2, 0.25) is 0 Å². The number of nitrogens with zero attached hydrogens (tertiary/aromatic N) is 1. The molecule has 1 aromatic rings. The molecular weight excluding hydrogens is 208 g/mol. The Morgan fingerprint density at radius 2 is 2.53 bits per heavy atom. The van der Waals surface area contributed by atoms with E-state index in [-0.39, 0.29) is 0 Å². The molecule has 0 radical (unpaired) electrons. The predicted octanol–water partition coefficient (Wildman–Crippen LogP) is 2.79. The van der Waals surface area contributed by atoms with Crippen LogP contribution in [0.4, 0.5) is 5.82 Å². The maximum absolute atomic E-state index is 5.72. The molecule has 2 rings (SSSR count). The van der Waals surface area contributed by atoms with Crippen molar-refractivity contribution in [3.8, 4) is 0 Å². The van der Waals surface area contributed by atoms with E-state index in [0.29, 0.717) is 17.8 Å². The zero-order chi connectivity index (χ0) is 10.7. The van der Waals surface area contributed by atoms with E-state index in [1.807, 2.05) is 5.38 Å². The fourth-order valence-electron chi connectivity index (χ4n) is 2.12. The molecule has 0 aliphatic carbocycles. The van der Waals surface area contributed by atoms with Crippen LogP contribution in [0.1, 0.15) is 43.5 Å². The Morgan fingerprint density at radius 1 is 1.67 bits per heavy atom. The van der Waals surface area contributed by atoms with Gasteiger partial charge in [-0.15, -0.1) is 11.3 Å². The van der Waals surface area contributed by atoms with Gasteiger partial charge in [0.05, 0.1) is 11.1 Å². The van der Waals surface area contributed by atoms with E-state index in [1.54, 1.807) is 11.3 Å². The van der Waals surface area contributed by atoms with Crippen LogP contribution in [0.25, 0.3) is 0 Å². The molecule has 1 aliphatic heterocycles. The van der Waals surface area contributed by atoms with Crippen LogP contribution in [0.5, 0.6) is 0 Å². The molecule has 1 fully saturated rings. The van der Waals surface area contributed by atoms with E-state index >= 15 is 0 Å². The fraction of sp³-hybridized carbons (Fsp3) is 0.727. The van der Waals surface area contributed by atoms with E-state index < -0.39 is 0 Å². The summed E-state index contributed by atoms with van der Waals surface area (Å²) in [6, 6.07) is 0. The summed E-state index contributed by atoms with van der Waals surface area (Å²) in [5, 5.41) is 3.12. The lowest BCUT2D eigenvalue weighted by Gasteiger charge is -2.28. The zero-order valence-corrected chi connectivity index (χ0v) is 9.93. The van der Waals surface area contributed by atoms with Gasteiger partial charge in [-0.05, 0) is 19.3 Å². The molecule has 0 aromatic carbocycles. The average molecular weight is 226 g/mol. The Hall–Kier alpha value is -0.610. The van der Waals surface area contributed by atoms with E-state index in [9.17, 15) is 0 Å². The normalized spacial score (nSPS) is 26.7. The zero-order valence-electron chi connectivity index (χ0n) is 9.11. The van der Waals surface area contributed by atoms with Crippen molar-refractivity contribution in [2.24, 2.45) is 0 Å². The molecule has 0 bridgehead atoms. The van der Waals surface area contributed by atoms with Crippen molar-refractivity contribution in [3.05, 3.63) is 10.4 Å². The van der Waals surface area contributed by atoms with Crippen LogP contribution in [-0.4, -0.2) is 17.7 Å². The van der Waals surface area contributed by atoms with Gasteiger partial charge >= 0.3 is 0 Å². The van der Waals surface area contributed by atoms with Crippen LogP contribution in [0.3, 0.4) is 0 Å². The van der Waals surface area contributed by atoms with Crippen molar-refractivity contribution in [2.45, 2.75) is 44.6 Å². The predicted molar refractivity (Wildman–Crippen MR) is 63.1 cm³/mol. The molecule has 0 amide bonds. The number of nitrogens with two attached hydrogens (primary N) is 1. The van der Waals surface area contributed by atoms with Crippen molar-refractivity contribution >= 4 is 17.2 Å². The maximum atomic E-state index is 5.72. The second kappa shape index (κ2) is 4.94. The number of anilines is 1. The van der Waals surface area contributed by atoms with Gasteiger partial charge < -0.3 is 10.5 Å². The minimum Gasteiger partial charge on any atom is -0.383 e. The average Bonchev–Trinajstić information content (AvgIpc) is 2.66. The topological polar surface area (TPSA) is 48.1 Å². The summed E-state index contributed by atoms with van der Waals surface area (Å²) >= 11 is 1.68. The van der Waals surface area contributed by atoms with Crippen LogP contribution in [0.2, 0.25) is 0 Å². The molecule has 2 atom stereocenters. The first-order valence-electron chi connectivity index (χ1n) is 5.62. The van der Waals surface area contributed by atoms with Gasteiger partial charge in [0, 0.05) is 17.9 Å². The molecule has 0 saturated carbocycles. The van der Waals surface area contributed by atoms with Gasteiger partial charge in [-0.2, -0.15) is 0 Å². The Labute approximate surface area is 94.7 Å². The van der Waals surface area contributed by atoms with Gasteiger partial charge in [0.15, 0.2) is 0 Å². The minimum absolute atomic E-state index is 0.430. The summed E-state index contributed by atoms with van der Waals surface area (Å²) in [4.78, 5) is 4.37. The Bertz CT molecular complexity index is 311. The third-order valence-corrected chi connectivity index (χ3v) is 3.89. The summed E-state index contributed by atoms with van der Waals surface area (Å²) in [7, 11) is 0. The Kier molecular flexibility index (Phi) is 3.59. The number of ether oxygens (including phenoxy) is 1. The van der Waals surface area contributed by atoms with Gasteiger partial charge in [-0.25, -0.2) is 4.98 Å². The number of rotatable bonds is 3. The highest BCUT2D eigenvalue weighted by molar-refractivity contribution is 7.10. The second-order valence-corrected chi connectivity index (χ2v) is 5.00. The lowest BCUT2D eigenvalue weighted by Crippen LogP contribution is -2.24. The minimum atomic E-state index is 0.430. The molecule has 3 nitrogen and oxygen atoms in total. The molecule has 1 aliphatic rings. The molecule has 1 aromatic heterocycles. The standard InChI is InChI=1S/C11H18N2OS/c1-2-3-9-6-8(4-5-14-9)11-13-10(12)7-15-11/h7-9H,2-6,12H2,1H3/t8-,9+/m1/s1. The molecular formula is C11H18N2OS. The van der Waals surface area contributed by atoms with Crippen LogP contribution >= 0.6 is 11.3 Å². The van der Waals surface area contributed by atoms with Crippen molar-refractivity contribution in [1.82, 2.24) is 4.98 Å². The fourth-order valence-corrected chi connectivity index (χ4v) is 2.97. The molecule has 2 heterocycles. The highest BCUT2D eigenvalue weighted by atomic mass is 32.1. The summed E-state index contributed by atoms with van der Waals surface area (Å²) in [5.41, 5.74) is 5.65. The quantitative estimate of drug-likeness (QED) is 0.862. The summed E-state index contributed by atoms with van der Waals surface area (Å²) in [5.74, 6) is 1.23. The summed E-state index contributed by atoms with van der Waals surface area (Å²) in [6.07, 6.45) is 4.99. The molecule has 4 heteroatoms. The maximum Gasteiger partial charge on any atom is 0.134 e. The smallest absolute Gasteiger partial charge is 0.134 e. The van der Waals surface area contributed by atoms with Crippen LogP contribution in [-0.2, 0) is 4.74 Å². The van der Waals surface area contributed by atoms with Crippen LogP contribution < -0.4 is 5.73 Å². The van der Waals surface area contributed by atoms with Crippen molar-refractivity contribution in [3.63, 3.8) is 0 Å². The summed E-state index contributed by atoms with van der Waals surface area (Å²) < 4.78 is 5.72. The summed E-state index contributed by atoms with van der Waals surface area (Å²) in [6.45, 7) is 3.07. The first-order valence-corrected chi connectivity index (χ1v) is 6.50. The Morgan fingerprint density at radius 3 is 3.20 bits per heavy atom. The number of thiazole rings is 1. The molecule has 84 valence electrons. The molecule has 0 unspecified atom stereocenters. The Balaban J connectivity index is 1.98. The van der Waals surface area contributed by atoms with E-state index in [2.05, 4.69) is 11.9 Å². The van der Waals surface area contributed by atoms with Gasteiger partial charge in [0.1, 0.15) is 5.82 Å². The highest BCUT2D eigenvalue weighted by Crippen LogP contribution is 2.33. The monoisotopic (exact) mass is 226 g/mol. The number of aromatic nitrogens is 1. The molecule has 2 N–H and O–H groups in total. The van der Waals surface area contributed by atoms with Gasteiger partial charge in [0.25, 0.3) is 0 Å². The van der Waals surface area contributed by atoms with Gasteiger partial charge in [-0.3, -0.25) is 0 Å². The lowest BCUT2D eigenvalue weighted by atomic mass is 9.94. The second-order valence-electron chi connectivity index (χ2n) is 4.11. The largest absolute Gasteiger partial charge is 0.383 e. The van der Waals surface area contributed by atoms with E-state index in [0.717, 1.165) is 25.9 Å². The first kappa shape index (κ1) is 10.9. The van der Waals surface area contributed by atoms with Crippen molar-refractivity contribution in [2.75, 3.05) is 12.3 Å². The lowest BCUT2D eigenvalue weighted by molar-refractivity contribution is 0.00161. The number of nitrogen functional groups attached to an aromatic ring is 1. The molecule has 0 spiro atoms. The van der Waals surface area contributed by atoms with Crippen LogP contribution in [0, 0.1) is 0 Å². The third kappa shape index (κ3) is 2.69. The third-order valence-electron chi connectivity index (χ3n) is 2.87. The van der Waals surface area contributed by atoms with E-state index in [4.69, 9.17) is 10.5 Å². The number of hydrogen-bond acceptors (Lipinski definition) is 4.